The van der Waals surface area contributed by atoms with E-state index in [9.17, 15) is 0 Å². The standard InChI is InChI=1S/C16H27N3/c1-4-18(5-2)16-10-11-19(12-16)15-8-6-14(7-9-15)13(3)17/h6-9,13,16H,4-5,10-12,17H2,1-3H3/t13-,16?/m1/s1. The van der Waals surface area contributed by atoms with Gasteiger partial charge in [0.1, 0.15) is 0 Å². The maximum absolute atomic E-state index is 5.89. The molecule has 19 heavy (non-hydrogen) atoms. The van der Waals surface area contributed by atoms with E-state index in [1.165, 1.54) is 24.2 Å². The summed E-state index contributed by atoms with van der Waals surface area (Å²) in [5.41, 5.74) is 8.44. The summed E-state index contributed by atoms with van der Waals surface area (Å²) >= 11 is 0. The maximum Gasteiger partial charge on any atom is 0.0366 e. The molecule has 3 heteroatoms. The van der Waals surface area contributed by atoms with Crippen molar-refractivity contribution < 1.29 is 0 Å². The first-order chi connectivity index (χ1) is 9.15. The van der Waals surface area contributed by atoms with Crippen molar-refractivity contribution in [2.45, 2.75) is 39.3 Å². The number of hydrogen-bond donors (Lipinski definition) is 1. The Bertz CT molecular complexity index is 381. The van der Waals surface area contributed by atoms with E-state index < -0.39 is 0 Å². The van der Waals surface area contributed by atoms with Gasteiger partial charge in [-0.05, 0) is 44.1 Å². The van der Waals surface area contributed by atoms with Gasteiger partial charge >= 0.3 is 0 Å². The van der Waals surface area contributed by atoms with Gasteiger partial charge in [-0.25, -0.2) is 0 Å². The van der Waals surface area contributed by atoms with Crippen molar-refractivity contribution >= 4 is 5.69 Å². The van der Waals surface area contributed by atoms with Crippen molar-refractivity contribution in [3.8, 4) is 0 Å². The third-order valence-electron chi connectivity index (χ3n) is 4.28. The molecule has 1 heterocycles. The zero-order valence-corrected chi connectivity index (χ0v) is 12.5. The molecule has 1 aliphatic rings. The second-order valence-corrected chi connectivity index (χ2v) is 5.49. The van der Waals surface area contributed by atoms with Gasteiger partial charge in [-0.15, -0.1) is 0 Å². The van der Waals surface area contributed by atoms with Gasteiger partial charge in [0, 0.05) is 30.9 Å². The van der Waals surface area contributed by atoms with Gasteiger partial charge < -0.3 is 10.6 Å². The first-order valence-corrected chi connectivity index (χ1v) is 7.50. The smallest absolute Gasteiger partial charge is 0.0366 e. The number of nitrogens with zero attached hydrogens (tertiary/aromatic N) is 2. The molecule has 1 saturated heterocycles. The van der Waals surface area contributed by atoms with Crippen molar-refractivity contribution in [2.75, 3.05) is 31.1 Å². The minimum absolute atomic E-state index is 0.121. The molecular weight excluding hydrogens is 234 g/mol. The number of benzene rings is 1. The SMILES string of the molecule is CCN(CC)C1CCN(c2ccc([C@@H](C)N)cc2)C1. The number of likely N-dealkylation sites (N-methyl/N-ethyl adjacent to an activating group) is 1. The van der Waals surface area contributed by atoms with E-state index >= 15 is 0 Å². The Hall–Kier alpha value is -1.06. The molecule has 0 radical (unpaired) electrons. The molecule has 1 unspecified atom stereocenters. The van der Waals surface area contributed by atoms with Crippen molar-refractivity contribution in [3.63, 3.8) is 0 Å². The summed E-state index contributed by atoms with van der Waals surface area (Å²) < 4.78 is 0. The molecule has 2 atom stereocenters. The lowest BCUT2D eigenvalue weighted by Crippen LogP contribution is -2.37. The Kier molecular flexibility index (Phi) is 4.83. The average Bonchev–Trinajstić information content (AvgIpc) is 2.90. The molecule has 106 valence electrons. The molecule has 1 aliphatic heterocycles. The number of hydrogen-bond acceptors (Lipinski definition) is 3. The molecule has 1 aromatic carbocycles. The lowest BCUT2D eigenvalue weighted by molar-refractivity contribution is 0.232. The van der Waals surface area contributed by atoms with Crippen molar-refractivity contribution in [1.82, 2.24) is 4.90 Å². The van der Waals surface area contributed by atoms with Crippen molar-refractivity contribution in [2.24, 2.45) is 5.73 Å². The average molecular weight is 261 g/mol. The summed E-state index contributed by atoms with van der Waals surface area (Å²) in [4.78, 5) is 5.06. The third kappa shape index (κ3) is 3.28. The van der Waals surface area contributed by atoms with Gasteiger partial charge in [-0.3, -0.25) is 4.90 Å². The Labute approximate surface area is 117 Å². The van der Waals surface area contributed by atoms with E-state index in [4.69, 9.17) is 5.73 Å². The van der Waals surface area contributed by atoms with Gasteiger partial charge in [0.15, 0.2) is 0 Å². The fourth-order valence-electron chi connectivity index (χ4n) is 3.00. The Morgan fingerprint density at radius 3 is 2.42 bits per heavy atom. The van der Waals surface area contributed by atoms with Crippen LogP contribution in [0.1, 0.15) is 38.8 Å². The van der Waals surface area contributed by atoms with E-state index in [2.05, 4.69) is 47.9 Å². The number of nitrogens with two attached hydrogens (primary N) is 1. The van der Waals surface area contributed by atoms with Crippen LogP contribution in [0.15, 0.2) is 24.3 Å². The van der Waals surface area contributed by atoms with Crippen LogP contribution in [0.4, 0.5) is 5.69 Å². The van der Waals surface area contributed by atoms with Crippen LogP contribution in [0.25, 0.3) is 0 Å². The summed E-state index contributed by atoms with van der Waals surface area (Å²) in [6, 6.07) is 9.57. The van der Waals surface area contributed by atoms with E-state index in [-0.39, 0.29) is 6.04 Å². The van der Waals surface area contributed by atoms with E-state index in [0.29, 0.717) is 6.04 Å². The summed E-state index contributed by atoms with van der Waals surface area (Å²) in [5, 5.41) is 0. The summed E-state index contributed by atoms with van der Waals surface area (Å²) in [6.07, 6.45) is 1.27. The zero-order valence-electron chi connectivity index (χ0n) is 12.5. The zero-order chi connectivity index (χ0) is 13.8. The predicted molar refractivity (Wildman–Crippen MR) is 82.6 cm³/mol. The summed E-state index contributed by atoms with van der Waals surface area (Å²) in [5.74, 6) is 0. The molecular formula is C16H27N3. The molecule has 2 N–H and O–H groups in total. The topological polar surface area (TPSA) is 32.5 Å². The first-order valence-electron chi connectivity index (χ1n) is 7.50. The van der Waals surface area contributed by atoms with Crippen LogP contribution in [0.2, 0.25) is 0 Å². The Morgan fingerprint density at radius 2 is 1.89 bits per heavy atom. The van der Waals surface area contributed by atoms with Gasteiger partial charge in [-0.2, -0.15) is 0 Å². The highest BCUT2D eigenvalue weighted by atomic mass is 15.2. The van der Waals surface area contributed by atoms with Gasteiger partial charge in [0.25, 0.3) is 0 Å². The molecule has 1 fully saturated rings. The maximum atomic E-state index is 5.89. The highest BCUT2D eigenvalue weighted by molar-refractivity contribution is 5.49. The molecule has 0 spiro atoms. The first kappa shape index (κ1) is 14.4. The molecule has 0 aromatic heterocycles. The lowest BCUT2D eigenvalue weighted by atomic mass is 10.1. The normalized spacial score (nSPS) is 21.1. The monoisotopic (exact) mass is 261 g/mol. The van der Waals surface area contributed by atoms with Crippen LogP contribution in [0, 0.1) is 0 Å². The van der Waals surface area contributed by atoms with E-state index in [0.717, 1.165) is 19.6 Å². The highest BCUT2D eigenvalue weighted by Gasteiger charge is 2.26. The van der Waals surface area contributed by atoms with Crippen molar-refractivity contribution in [3.05, 3.63) is 29.8 Å². The van der Waals surface area contributed by atoms with Crippen LogP contribution in [0.3, 0.4) is 0 Å². The van der Waals surface area contributed by atoms with Gasteiger partial charge in [0.05, 0.1) is 0 Å². The molecule has 0 amide bonds. The minimum Gasteiger partial charge on any atom is -0.370 e. The fourth-order valence-corrected chi connectivity index (χ4v) is 3.00. The Morgan fingerprint density at radius 1 is 1.26 bits per heavy atom. The number of rotatable bonds is 5. The highest BCUT2D eigenvalue weighted by Crippen LogP contribution is 2.24. The van der Waals surface area contributed by atoms with Crippen LogP contribution >= 0.6 is 0 Å². The molecule has 3 nitrogen and oxygen atoms in total. The largest absolute Gasteiger partial charge is 0.370 e. The van der Waals surface area contributed by atoms with Crippen molar-refractivity contribution in [1.29, 1.82) is 0 Å². The van der Waals surface area contributed by atoms with Crippen LogP contribution in [-0.2, 0) is 0 Å². The van der Waals surface area contributed by atoms with E-state index in [1.54, 1.807) is 0 Å². The summed E-state index contributed by atoms with van der Waals surface area (Å²) in [7, 11) is 0. The quantitative estimate of drug-likeness (QED) is 0.884. The number of anilines is 1. The van der Waals surface area contributed by atoms with Crippen LogP contribution in [-0.4, -0.2) is 37.1 Å². The van der Waals surface area contributed by atoms with Gasteiger partial charge in [0.2, 0.25) is 0 Å². The lowest BCUT2D eigenvalue weighted by Gasteiger charge is -2.26. The predicted octanol–water partition coefficient (Wildman–Crippen LogP) is 2.63. The fraction of sp³-hybridized carbons (Fsp3) is 0.625. The van der Waals surface area contributed by atoms with E-state index in [1.807, 2.05) is 6.92 Å². The second kappa shape index (κ2) is 6.40. The van der Waals surface area contributed by atoms with Crippen LogP contribution in [0.5, 0.6) is 0 Å². The Balaban J connectivity index is 2.00. The third-order valence-corrected chi connectivity index (χ3v) is 4.28. The molecule has 2 rings (SSSR count). The molecule has 0 saturated carbocycles. The summed E-state index contributed by atoms with van der Waals surface area (Å²) in [6.45, 7) is 11.2. The van der Waals surface area contributed by atoms with Gasteiger partial charge in [-0.1, -0.05) is 26.0 Å². The molecule has 0 aliphatic carbocycles. The second-order valence-electron chi connectivity index (χ2n) is 5.49. The molecule has 0 bridgehead atoms. The molecule has 1 aromatic rings. The minimum atomic E-state index is 0.121. The van der Waals surface area contributed by atoms with Crippen LogP contribution < -0.4 is 10.6 Å².